The molecule has 1 unspecified atom stereocenters. The van der Waals surface area contributed by atoms with Gasteiger partial charge in [-0.3, -0.25) is 0 Å². The molecule has 0 aliphatic heterocycles. The molecule has 1 atom stereocenters. The van der Waals surface area contributed by atoms with Crippen LogP contribution >= 0.6 is 0 Å². The second-order valence-electron chi connectivity index (χ2n) is 19.5. The van der Waals surface area contributed by atoms with Gasteiger partial charge in [0.15, 0.2) is 0 Å². The number of aromatic hydroxyl groups is 2. The van der Waals surface area contributed by atoms with Crippen LogP contribution in [-0.4, -0.2) is 52.7 Å². The fourth-order valence-corrected chi connectivity index (χ4v) is 11.5. The second kappa shape index (κ2) is 22.0. The Balaban J connectivity index is 0.000000175. The van der Waals surface area contributed by atoms with Crippen molar-refractivity contribution in [1.29, 1.82) is 0 Å². The second-order valence-corrected chi connectivity index (χ2v) is 24.4. The summed E-state index contributed by atoms with van der Waals surface area (Å²) in [4.78, 5) is 0. The summed E-state index contributed by atoms with van der Waals surface area (Å²) in [7, 11) is -16.5. The van der Waals surface area contributed by atoms with Crippen molar-refractivity contribution in [1.82, 2.24) is 0 Å². The van der Waals surface area contributed by atoms with Gasteiger partial charge in [-0.2, -0.15) is 51.6 Å². The average Bonchev–Trinajstić information content (AvgIpc) is 3.44. The third-order valence-electron chi connectivity index (χ3n) is 14.3. The first-order chi connectivity index (χ1) is 37.0. The molecule has 10 nitrogen and oxygen atoms in total. The third kappa shape index (κ3) is 12.7. The van der Waals surface area contributed by atoms with Crippen molar-refractivity contribution >= 4 is 30.4 Å². The zero-order valence-electron chi connectivity index (χ0n) is 42.8. The van der Waals surface area contributed by atoms with E-state index in [-0.39, 0.29) is 17.8 Å². The largest absolute Gasteiger partial charge is 0.534 e. The van der Waals surface area contributed by atoms with Crippen LogP contribution in [-0.2, 0) is 70.5 Å². The molecular weight excluding hydrogens is 1090 g/mol. The molecule has 8 aromatic rings. The molecule has 19 heteroatoms. The highest BCUT2D eigenvalue weighted by Gasteiger charge is 2.50. The lowest BCUT2D eigenvalue weighted by molar-refractivity contribution is -0.0503. The van der Waals surface area contributed by atoms with Gasteiger partial charge in [0.05, 0.1) is 6.26 Å². The highest BCUT2D eigenvalue weighted by molar-refractivity contribution is 7.99. The number of halogens is 6. The third-order valence-corrected chi connectivity index (χ3v) is 17.5. The summed E-state index contributed by atoms with van der Waals surface area (Å²) >= 11 is 0. The Morgan fingerprint density at radius 3 is 0.962 bits per heavy atom. The fraction of sp³-hybridized carbons (Fsp3) is 0.200. The molecule has 0 fully saturated rings. The van der Waals surface area contributed by atoms with Gasteiger partial charge in [-0.25, -0.2) is 0 Å². The Morgan fingerprint density at radius 1 is 0.392 bits per heavy atom. The lowest BCUT2D eigenvalue weighted by Gasteiger charge is -2.32. The molecule has 2 aliphatic rings. The van der Waals surface area contributed by atoms with Crippen LogP contribution in [0, 0.1) is 6.92 Å². The lowest BCUT2D eigenvalue weighted by atomic mass is 9.71. The first kappa shape index (κ1) is 57.7. The van der Waals surface area contributed by atoms with Gasteiger partial charge in [0.25, 0.3) is 10.1 Å². The summed E-state index contributed by atoms with van der Waals surface area (Å²) in [6, 6.07) is 58.9. The van der Waals surface area contributed by atoms with E-state index in [2.05, 4.69) is 99.7 Å². The van der Waals surface area contributed by atoms with Crippen molar-refractivity contribution in [3.05, 3.63) is 243 Å². The molecule has 0 bridgehead atoms. The maximum absolute atomic E-state index is 12.8. The van der Waals surface area contributed by atoms with Crippen LogP contribution in [0.15, 0.2) is 182 Å². The van der Waals surface area contributed by atoms with Gasteiger partial charge in [0, 0.05) is 10.8 Å². The van der Waals surface area contributed by atoms with E-state index in [9.17, 15) is 61.8 Å². The van der Waals surface area contributed by atoms with Crippen LogP contribution in [0.3, 0.4) is 0 Å². The Labute approximate surface area is 455 Å². The van der Waals surface area contributed by atoms with E-state index in [0.717, 1.165) is 62.9 Å². The van der Waals surface area contributed by atoms with Gasteiger partial charge in [-0.15, -0.1) is 3.63 Å². The molecule has 8 aromatic carbocycles. The molecule has 0 saturated carbocycles. The molecule has 2 N–H and O–H groups in total. The number of benzene rings is 8. The first-order valence-electron chi connectivity index (χ1n) is 24.4. The summed E-state index contributed by atoms with van der Waals surface area (Å²) in [5, 5.41) is 19.6. The molecule has 0 aromatic heterocycles. The van der Waals surface area contributed by atoms with Crippen LogP contribution in [0.5, 0.6) is 17.2 Å². The summed E-state index contributed by atoms with van der Waals surface area (Å²) in [5.74, 6) is 0.106. The molecule has 0 heterocycles. The minimum absolute atomic E-state index is 0.191. The number of aryl methyl sites for hydroxylation is 5. The van der Waals surface area contributed by atoms with Crippen LogP contribution in [0.1, 0.15) is 75.0 Å². The number of hydrogen-bond donors (Lipinski definition) is 2. The summed E-state index contributed by atoms with van der Waals surface area (Å²) in [5.41, 5.74) is 5.36. The maximum atomic E-state index is 12.8. The number of phenolic OH excluding ortho intramolecular Hbond substituents is 2. The summed E-state index contributed by atoms with van der Waals surface area (Å²) < 4.78 is 142. The molecule has 79 heavy (non-hydrogen) atoms. The topological polar surface area (TPSA) is 161 Å². The quantitative estimate of drug-likeness (QED) is 0.0521. The minimum atomic E-state index is -6.04. The molecule has 0 radical (unpaired) electrons. The minimum Gasteiger partial charge on any atom is -0.508 e. The van der Waals surface area contributed by atoms with Gasteiger partial charge >= 0.3 is 31.3 Å². The zero-order valence-corrected chi connectivity index (χ0v) is 45.3. The molecule has 0 spiro atoms. The van der Waals surface area contributed by atoms with E-state index in [0.29, 0.717) is 0 Å². The monoisotopic (exact) mass is 1140 g/mol. The van der Waals surface area contributed by atoms with Gasteiger partial charge < -0.3 is 14.4 Å². The van der Waals surface area contributed by atoms with Crippen molar-refractivity contribution < 1.29 is 69.6 Å². The van der Waals surface area contributed by atoms with Crippen molar-refractivity contribution in [2.45, 2.75) is 68.3 Å². The van der Waals surface area contributed by atoms with Gasteiger partial charge in [0.1, 0.15) is 17.2 Å². The van der Waals surface area contributed by atoms with E-state index in [1.165, 1.54) is 58.4 Å². The number of rotatable bonds is 12. The van der Waals surface area contributed by atoms with Crippen molar-refractivity contribution in [2.75, 3.05) is 6.26 Å². The molecule has 10 rings (SSSR count). The normalized spacial score (nSPS) is 14.1. The van der Waals surface area contributed by atoms with Crippen LogP contribution < -0.4 is 4.18 Å². The molecule has 412 valence electrons. The van der Waals surface area contributed by atoms with E-state index in [1.54, 1.807) is 36.4 Å². The van der Waals surface area contributed by atoms with Crippen LogP contribution in [0.25, 0.3) is 22.3 Å². The maximum Gasteiger partial charge on any atom is 0.534 e. The Kier molecular flexibility index (Phi) is 16.1. The fourth-order valence-electron chi connectivity index (χ4n) is 9.44. The Hall–Kier alpha value is -7.45. The van der Waals surface area contributed by atoms with E-state index in [1.807, 2.05) is 62.4 Å². The molecular formula is C60H52F6O10S3. The predicted octanol–water partition coefficient (Wildman–Crippen LogP) is 13.4. The summed E-state index contributed by atoms with van der Waals surface area (Å²) in [6.07, 6.45) is 4.82. The molecule has 2 aliphatic carbocycles. The van der Waals surface area contributed by atoms with Crippen molar-refractivity contribution in [2.24, 2.45) is 0 Å². The van der Waals surface area contributed by atoms with Crippen LogP contribution in [0.2, 0.25) is 0 Å². The SMILES string of the molecule is CC(c1ccc(O)cc1)(c1ccc(O)cc1)c1ccc(-c2ccc3c(c2)CC3)cc1.CS(=O)(=O)OS(=O)(=O)C(F)(F)F.Cc1ccc(C(C)(c2ccc(OS(=O)(=O)C(F)(F)F)cc2)c2ccc(-c3ccc4c(c3)CC4)cc2)cc1. The van der Waals surface area contributed by atoms with Gasteiger partial charge in [-0.1, -0.05) is 151 Å². The van der Waals surface area contributed by atoms with Gasteiger partial charge in [0.2, 0.25) is 0 Å². The van der Waals surface area contributed by atoms with E-state index >= 15 is 0 Å². The highest BCUT2D eigenvalue weighted by Crippen LogP contribution is 2.43. The Morgan fingerprint density at radius 2 is 0.684 bits per heavy atom. The van der Waals surface area contributed by atoms with Crippen LogP contribution in [0.4, 0.5) is 26.3 Å². The predicted molar refractivity (Wildman–Crippen MR) is 290 cm³/mol. The van der Waals surface area contributed by atoms with E-state index < -0.39 is 58.0 Å². The van der Waals surface area contributed by atoms with E-state index in [4.69, 9.17) is 0 Å². The molecule has 0 saturated heterocycles. The standard InChI is InChI=1S/C30H25F3O3S.C28H24O2.C2H3F3O5S2/c1-20-3-11-25(12-4-20)29(2,27-15-17-28(18-16-27)36-37(34,35)30(31,32)33)26-13-9-22(10-14-26)24-8-6-21-5-7-23(21)19-24;1-28(24-10-14-26(29)15-11-24,25-12-16-27(30)17-13-25)23-8-6-20(7-9-23)22-5-3-19-2-4-21(19)18-22;1-11(6,7)10-12(8,9)2(3,4)5/h3-4,6,8-19H,5,7H2,1-2H3;3,5-18,29-30H,2,4H2,1H3;1H3. The lowest BCUT2D eigenvalue weighted by Crippen LogP contribution is -2.28. The summed E-state index contributed by atoms with van der Waals surface area (Å²) in [6.45, 7) is 6.23. The Bertz CT molecular complexity index is 3790. The number of phenols is 2. The number of fused-ring (bicyclic) bond motifs is 2. The van der Waals surface area contributed by atoms with Gasteiger partial charge in [-0.05, 0) is 161 Å². The van der Waals surface area contributed by atoms with Crippen molar-refractivity contribution in [3.8, 4) is 39.5 Å². The zero-order chi connectivity index (χ0) is 57.3. The highest BCUT2D eigenvalue weighted by atomic mass is 32.3. The van der Waals surface area contributed by atoms with Crippen molar-refractivity contribution in [3.63, 3.8) is 0 Å². The number of hydrogen-bond acceptors (Lipinski definition) is 10. The average molecular weight is 1140 g/mol. The smallest absolute Gasteiger partial charge is 0.508 e. The molecule has 0 amide bonds. The first-order valence-corrected chi connectivity index (χ1v) is 29.1. The number of alkyl halides is 6.